The molecule has 18 heavy (non-hydrogen) atoms. The second-order valence-electron chi connectivity index (χ2n) is 4.54. The Morgan fingerprint density at radius 3 is 2.78 bits per heavy atom. The average molecular weight is 261 g/mol. The molecule has 0 saturated carbocycles. The molecule has 2 N–H and O–H groups in total. The Morgan fingerprint density at radius 2 is 2.17 bits per heavy atom. The van der Waals surface area contributed by atoms with E-state index in [0.717, 1.165) is 29.9 Å². The van der Waals surface area contributed by atoms with Gasteiger partial charge in [-0.2, -0.15) is 11.3 Å². The van der Waals surface area contributed by atoms with E-state index in [2.05, 4.69) is 29.8 Å². The van der Waals surface area contributed by atoms with E-state index in [0.29, 0.717) is 0 Å². The van der Waals surface area contributed by atoms with Crippen LogP contribution in [0.15, 0.2) is 35.0 Å². The number of aryl methyl sites for hydroxylation is 1. The molecule has 0 aliphatic rings. The fourth-order valence-electron chi connectivity index (χ4n) is 1.83. The highest BCUT2D eigenvalue weighted by Gasteiger charge is 2.04. The third-order valence-electron chi connectivity index (χ3n) is 2.95. The van der Waals surface area contributed by atoms with Crippen molar-refractivity contribution in [2.24, 2.45) is 5.73 Å². The molecule has 0 fully saturated rings. The number of nitrogens with two attached hydrogens (primary N) is 1. The first-order valence-electron chi connectivity index (χ1n) is 6.17. The van der Waals surface area contributed by atoms with Crippen molar-refractivity contribution in [2.45, 2.75) is 26.3 Å². The lowest BCUT2D eigenvalue weighted by Crippen LogP contribution is -2.06. The lowest BCUT2D eigenvalue weighted by atomic mass is 10.1. The van der Waals surface area contributed by atoms with Gasteiger partial charge in [-0.15, -0.1) is 0 Å². The lowest BCUT2D eigenvalue weighted by Gasteiger charge is -2.12. The topological polar surface area (TPSA) is 35.2 Å². The van der Waals surface area contributed by atoms with Crippen LogP contribution in [-0.4, -0.2) is 6.61 Å². The number of rotatable bonds is 5. The molecular formula is C15H19NOS. The highest BCUT2D eigenvalue weighted by molar-refractivity contribution is 7.07. The predicted octanol–water partition coefficient (Wildman–Crippen LogP) is 3.70. The summed E-state index contributed by atoms with van der Waals surface area (Å²) in [6.07, 6.45) is 0.956. The standard InChI is InChI=1S/C15H19NOS/c1-11-9-14(12(2)16)3-4-15(11)17-7-5-13-6-8-18-10-13/h3-4,6,8-10,12H,5,7,16H2,1-2H3/t12-/m0/s1. The molecule has 2 aromatic rings. The van der Waals surface area contributed by atoms with E-state index < -0.39 is 0 Å². The molecule has 96 valence electrons. The maximum absolute atomic E-state index is 5.86. The molecule has 0 spiro atoms. The molecule has 3 heteroatoms. The van der Waals surface area contributed by atoms with E-state index in [9.17, 15) is 0 Å². The molecule has 0 aliphatic carbocycles. The summed E-state index contributed by atoms with van der Waals surface area (Å²) < 4.78 is 5.81. The number of hydrogen-bond donors (Lipinski definition) is 1. The van der Waals surface area contributed by atoms with Crippen LogP contribution < -0.4 is 10.5 Å². The average Bonchev–Trinajstić information content (AvgIpc) is 2.84. The lowest BCUT2D eigenvalue weighted by molar-refractivity contribution is 0.320. The van der Waals surface area contributed by atoms with Crippen molar-refractivity contribution in [1.29, 1.82) is 0 Å². The van der Waals surface area contributed by atoms with Gasteiger partial charge in [0.1, 0.15) is 5.75 Å². The monoisotopic (exact) mass is 261 g/mol. The molecule has 0 amide bonds. The zero-order chi connectivity index (χ0) is 13.0. The quantitative estimate of drug-likeness (QED) is 0.890. The summed E-state index contributed by atoms with van der Waals surface area (Å²) in [7, 11) is 0. The minimum absolute atomic E-state index is 0.0727. The normalized spacial score (nSPS) is 12.4. The van der Waals surface area contributed by atoms with Crippen LogP contribution in [0.2, 0.25) is 0 Å². The van der Waals surface area contributed by atoms with Crippen LogP contribution in [-0.2, 0) is 6.42 Å². The summed E-state index contributed by atoms with van der Waals surface area (Å²) in [5.74, 6) is 0.953. The second-order valence-corrected chi connectivity index (χ2v) is 5.32. The van der Waals surface area contributed by atoms with Crippen LogP contribution in [0.4, 0.5) is 0 Å². The number of ether oxygens (including phenoxy) is 1. The van der Waals surface area contributed by atoms with Crippen LogP contribution >= 0.6 is 11.3 Å². The Morgan fingerprint density at radius 1 is 1.33 bits per heavy atom. The van der Waals surface area contributed by atoms with Gasteiger partial charge in [-0.3, -0.25) is 0 Å². The predicted molar refractivity (Wildman–Crippen MR) is 77.3 cm³/mol. The summed E-state index contributed by atoms with van der Waals surface area (Å²) in [5, 5.41) is 4.26. The largest absolute Gasteiger partial charge is 0.493 e. The van der Waals surface area contributed by atoms with Gasteiger partial charge >= 0.3 is 0 Å². The van der Waals surface area contributed by atoms with Gasteiger partial charge in [-0.05, 0) is 53.4 Å². The van der Waals surface area contributed by atoms with E-state index in [1.54, 1.807) is 11.3 Å². The van der Waals surface area contributed by atoms with E-state index in [-0.39, 0.29) is 6.04 Å². The molecular weight excluding hydrogens is 242 g/mol. The van der Waals surface area contributed by atoms with Crippen molar-refractivity contribution in [2.75, 3.05) is 6.61 Å². The summed E-state index contributed by atoms with van der Waals surface area (Å²) in [4.78, 5) is 0. The molecule has 2 nitrogen and oxygen atoms in total. The molecule has 0 radical (unpaired) electrons. The Kier molecular flexibility index (Phi) is 4.39. The number of hydrogen-bond acceptors (Lipinski definition) is 3. The van der Waals surface area contributed by atoms with Gasteiger partial charge in [-0.25, -0.2) is 0 Å². The molecule has 1 aromatic carbocycles. The summed E-state index contributed by atoms with van der Waals surface area (Å²) in [5.41, 5.74) is 9.49. The molecule has 2 rings (SSSR count). The highest BCUT2D eigenvalue weighted by Crippen LogP contribution is 2.22. The second kappa shape index (κ2) is 6.03. The van der Waals surface area contributed by atoms with Crippen molar-refractivity contribution in [1.82, 2.24) is 0 Å². The van der Waals surface area contributed by atoms with Crippen LogP contribution in [0, 0.1) is 6.92 Å². The van der Waals surface area contributed by atoms with Crippen molar-refractivity contribution in [3.63, 3.8) is 0 Å². The highest BCUT2D eigenvalue weighted by atomic mass is 32.1. The van der Waals surface area contributed by atoms with Crippen molar-refractivity contribution >= 4 is 11.3 Å². The van der Waals surface area contributed by atoms with Crippen LogP contribution in [0.25, 0.3) is 0 Å². The summed E-state index contributed by atoms with van der Waals surface area (Å²) in [6.45, 7) is 4.77. The Labute approximate surface area is 112 Å². The zero-order valence-electron chi connectivity index (χ0n) is 10.8. The third-order valence-corrected chi connectivity index (χ3v) is 3.69. The Hall–Kier alpha value is -1.32. The van der Waals surface area contributed by atoms with Crippen molar-refractivity contribution < 1.29 is 4.74 Å². The summed E-state index contributed by atoms with van der Waals surface area (Å²) >= 11 is 1.72. The zero-order valence-corrected chi connectivity index (χ0v) is 11.7. The summed E-state index contributed by atoms with van der Waals surface area (Å²) in [6, 6.07) is 8.37. The van der Waals surface area contributed by atoms with E-state index in [4.69, 9.17) is 10.5 Å². The van der Waals surface area contributed by atoms with Crippen LogP contribution in [0.1, 0.15) is 29.7 Å². The van der Waals surface area contributed by atoms with Crippen LogP contribution in [0.5, 0.6) is 5.75 Å². The van der Waals surface area contributed by atoms with Gasteiger partial charge in [0.25, 0.3) is 0 Å². The number of thiophene rings is 1. The van der Waals surface area contributed by atoms with E-state index in [1.807, 2.05) is 19.1 Å². The molecule has 0 bridgehead atoms. The first kappa shape index (κ1) is 13.1. The van der Waals surface area contributed by atoms with Gasteiger partial charge in [0, 0.05) is 12.5 Å². The third kappa shape index (κ3) is 3.34. The van der Waals surface area contributed by atoms with Crippen molar-refractivity contribution in [3.8, 4) is 5.75 Å². The van der Waals surface area contributed by atoms with Crippen LogP contribution in [0.3, 0.4) is 0 Å². The smallest absolute Gasteiger partial charge is 0.122 e. The minimum Gasteiger partial charge on any atom is -0.493 e. The van der Waals surface area contributed by atoms with Gasteiger partial charge in [0.2, 0.25) is 0 Å². The first-order chi connectivity index (χ1) is 8.66. The van der Waals surface area contributed by atoms with Gasteiger partial charge in [0.15, 0.2) is 0 Å². The molecule has 1 atom stereocenters. The molecule has 0 saturated heterocycles. The van der Waals surface area contributed by atoms with E-state index in [1.165, 1.54) is 5.56 Å². The maximum Gasteiger partial charge on any atom is 0.122 e. The minimum atomic E-state index is 0.0727. The van der Waals surface area contributed by atoms with Gasteiger partial charge < -0.3 is 10.5 Å². The maximum atomic E-state index is 5.86. The Balaban J connectivity index is 1.93. The van der Waals surface area contributed by atoms with Gasteiger partial charge in [-0.1, -0.05) is 12.1 Å². The Bertz CT molecular complexity index is 491. The van der Waals surface area contributed by atoms with Gasteiger partial charge in [0.05, 0.1) is 6.61 Å². The molecule has 1 heterocycles. The first-order valence-corrected chi connectivity index (χ1v) is 7.11. The fourth-order valence-corrected chi connectivity index (χ4v) is 2.53. The molecule has 0 unspecified atom stereocenters. The molecule has 1 aromatic heterocycles. The van der Waals surface area contributed by atoms with Crippen molar-refractivity contribution in [3.05, 3.63) is 51.7 Å². The van der Waals surface area contributed by atoms with E-state index >= 15 is 0 Å². The number of benzene rings is 1. The molecule has 0 aliphatic heterocycles. The SMILES string of the molecule is Cc1cc([C@H](C)N)ccc1OCCc1ccsc1. The fraction of sp³-hybridized carbons (Fsp3) is 0.333.